The fraction of sp³-hybridized carbons (Fsp3) is 0.452. The summed E-state index contributed by atoms with van der Waals surface area (Å²) in [6.07, 6.45) is -4.47. The van der Waals surface area contributed by atoms with Gasteiger partial charge in [-0.15, -0.1) is 0 Å². The maximum atomic E-state index is 12.0. The van der Waals surface area contributed by atoms with E-state index in [2.05, 4.69) is 6.58 Å². The van der Waals surface area contributed by atoms with Crippen LogP contribution in [0, 0.1) is 0 Å². The molecule has 2 aliphatic rings. The van der Waals surface area contributed by atoms with Gasteiger partial charge in [-0.3, -0.25) is 0 Å². The molecule has 0 unspecified atom stereocenters. The summed E-state index contributed by atoms with van der Waals surface area (Å²) >= 11 is 0. The Bertz CT molecular complexity index is 1340. The number of carbonyl (C=O) groups is 1. The molecule has 2 aliphatic heterocycles. The lowest BCUT2D eigenvalue weighted by molar-refractivity contribution is -0.299. The summed E-state index contributed by atoms with van der Waals surface area (Å²) < 4.78 is 33.2. The summed E-state index contributed by atoms with van der Waals surface area (Å²) in [4.78, 5) is 12.0. The number of benzene rings is 2. The number of carbonyl (C=O) groups excluding carboxylic acids is 1. The van der Waals surface area contributed by atoms with Crippen molar-refractivity contribution in [3.05, 3.63) is 65.3 Å². The second-order valence-electron chi connectivity index (χ2n) is 10.3. The van der Waals surface area contributed by atoms with Crippen molar-refractivity contribution >= 4 is 12.0 Å². The van der Waals surface area contributed by atoms with Crippen LogP contribution in [0.2, 0.25) is 0 Å². The van der Waals surface area contributed by atoms with Crippen molar-refractivity contribution in [2.24, 2.45) is 0 Å². The Morgan fingerprint density at radius 1 is 1.02 bits per heavy atom. The zero-order chi connectivity index (χ0) is 32.0. The van der Waals surface area contributed by atoms with Crippen molar-refractivity contribution in [2.45, 2.75) is 49.1 Å². The Hall–Kier alpha value is -3.69. The lowest BCUT2D eigenvalue weighted by Crippen LogP contribution is -2.59. The topological polar surface area (TPSA) is 194 Å². The van der Waals surface area contributed by atoms with Gasteiger partial charge in [0.1, 0.15) is 37.1 Å². The second kappa shape index (κ2) is 14.9. The van der Waals surface area contributed by atoms with Crippen LogP contribution in [-0.4, -0.2) is 108 Å². The first kappa shape index (κ1) is 33.2. The minimum absolute atomic E-state index is 0.0177. The minimum Gasteiger partial charge on any atom is -0.504 e. The Labute approximate surface area is 254 Å². The van der Waals surface area contributed by atoms with Gasteiger partial charge in [0.05, 0.1) is 33.4 Å². The average Bonchev–Trinajstić information content (AvgIpc) is 3.40. The van der Waals surface area contributed by atoms with Gasteiger partial charge < -0.3 is 59.1 Å². The maximum Gasteiger partial charge on any atom is 0.333 e. The molecule has 0 bridgehead atoms. The predicted molar refractivity (Wildman–Crippen MR) is 154 cm³/mol. The van der Waals surface area contributed by atoms with Gasteiger partial charge in [-0.25, -0.2) is 4.79 Å². The number of ether oxygens (including phenoxy) is 6. The molecule has 0 aliphatic carbocycles. The number of fused-ring (bicyclic) bond motifs is 1. The molecule has 13 heteroatoms. The molecule has 1 fully saturated rings. The van der Waals surface area contributed by atoms with E-state index in [0.717, 1.165) is 0 Å². The highest BCUT2D eigenvalue weighted by Crippen LogP contribution is 2.51. The van der Waals surface area contributed by atoms with Crippen LogP contribution in [0.4, 0.5) is 0 Å². The molecule has 13 nitrogen and oxygen atoms in total. The molecule has 2 heterocycles. The van der Waals surface area contributed by atoms with Crippen LogP contribution in [-0.2, 0) is 19.0 Å². The maximum absolute atomic E-state index is 12.0. The molecule has 0 spiro atoms. The number of phenolic OH excluding ortho intramolecular Hbond substituents is 1. The Morgan fingerprint density at radius 3 is 2.45 bits per heavy atom. The second-order valence-corrected chi connectivity index (χ2v) is 10.3. The van der Waals surface area contributed by atoms with Crippen LogP contribution in [0.1, 0.15) is 35.1 Å². The van der Waals surface area contributed by atoms with E-state index in [-0.39, 0.29) is 43.3 Å². The van der Waals surface area contributed by atoms with Crippen molar-refractivity contribution in [1.29, 1.82) is 0 Å². The number of aliphatic hydroxyl groups is 5. The molecule has 240 valence electrons. The highest BCUT2D eigenvalue weighted by atomic mass is 16.7. The summed E-state index contributed by atoms with van der Waals surface area (Å²) in [5.41, 5.74) is 2.15. The molecule has 4 rings (SSSR count). The van der Waals surface area contributed by atoms with E-state index in [4.69, 9.17) is 33.5 Å². The van der Waals surface area contributed by atoms with E-state index in [1.807, 2.05) is 6.07 Å². The van der Waals surface area contributed by atoms with Gasteiger partial charge in [-0.1, -0.05) is 24.8 Å². The number of methoxy groups -OCH3 is 2. The van der Waals surface area contributed by atoms with Crippen LogP contribution in [0.5, 0.6) is 23.0 Å². The van der Waals surface area contributed by atoms with Crippen molar-refractivity contribution in [3.8, 4) is 23.0 Å². The third-order valence-corrected chi connectivity index (χ3v) is 7.48. The SMILES string of the molecule is C=C(CCO)C(=O)OC[C@H]1O[C@@H](OC/C=C/c2cc(OC)c3c(c2)[C@@H](CO)[C@H](c2ccc(O)c(OC)c2)O3)[C@H](O)[C@@H](O)[C@@H]1O. The zero-order valence-electron chi connectivity index (χ0n) is 24.4. The number of aliphatic hydroxyl groups excluding tert-OH is 5. The van der Waals surface area contributed by atoms with Crippen LogP contribution in [0.15, 0.2) is 48.6 Å². The van der Waals surface area contributed by atoms with E-state index in [1.54, 1.807) is 30.4 Å². The first-order valence-corrected chi connectivity index (χ1v) is 13.9. The number of phenols is 1. The third-order valence-electron chi connectivity index (χ3n) is 7.48. The van der Waals surface area contributed by atoms with Crippen molar-refractivity contribution in [3.63, 3.8) is 0 Å². The van der Waals surface area contributed by atoms with Crippen LogP contribution in [0.25, 0.3) is 6.08 Å². The summed E-state index contributed by atoms with van der Waals surface area (Å²) in [7, 11) is 2.94. The summed E-state index contributed by atoms with van der Waals surface area (Å²) in [5.74, 6) is -0.0469. The van der Waals surface area contributed by atoms with Gasteiger partial charge in [0.25, 0.3) is 0 Å². The molecular weight excluding hydrogens is 580 g/mol. The average molecular weight is 619 g/mol. The monoisotopic (exact) mass is 618 g/mol. The molecule has 0 radical (unpaired) electrons. The van der Waals surface area contributed by atoms with Crippen LogP contribution in [0.3, 0.4) is 0 Å². The number of esters is 1. The molecule has 0 saturated carbocycles. The Kier molecular flexibility index (Phi) is 11.2. The quantitative estimate of drug-likeness (QED) is 0.137. The fourth-order valence-corrected chi connectivity index (χ4v) is 5.06. The van der Waals surface area contributed by atoms with Crippen LogP contribution < -0.4 is 14.2 Å². The Balaban J connectivity index is 1.42. The molecule has 7 atom stereocenters. The van der Waals surface area contributed by atoms with Gasteiger partial charge in [-0.2, -0.15) is 0 Å². The highest BCUT2D eigenvalue weighted by Gasteiger charge is 2.45. The summed E-state index contributed by atoms with van der Waals surface area (Å²) in [5, 5.41) is 60.1. The first-order valence-electron chi connectivity index (χ1n) is 13.9. The normalized spacial score (nSPS) is 26.2. The van der Waals surface area contributed by atoms with Gasteiger partial charge >= 0.3 is 5.97 Å². The zero-order valence-corrected chi connectivity index (χ0v) is 24.4. The number of hydrogen-bond donors (Lipinski definition) is 6. The van der Waals surface area contributed by atoms with Crippen molar-refractivity contribution in [2.75, 3.05) is 40.6 Å². The molecule has 1 saturated heterocycles. The lowest BCUT2D eigenvalue weighted by atomic mass is 9.90. The minimum atomic E-state index is -1.63. The number of hydrogen-bond acceptors (Lipinski definition) is 13. The van der Waals surface area contributed by atoms with Gasteiger partial charge in [0, 0.05) is 24.2 Å². The standard InChI is InChI=1S/C31H38O13/c1-16(8-9-32)30(38)42-15-24-25(35)26(36)27(37)31(43-24)41-10-4-5-17-11-19-20(14-33)28(44-29(19)23(12-17)40-3)18-6-7-21(34)22(13-18)39-2/h4-7,11-13,20,24-28,31-37H,1,8-10,14-15H2,2-3H3/b5-4+/t20-,24-,25-,26+,27-,28+,31-/m1/s1. The highest BCUT2D eigenvalue weighted by molar-refractivity contribution is 5.87. The van der Waals surface area contributed by atoms with E-state index < -0.39 is 55.3 Å². The van der Waals surface area contributed by atoms with Crippen molar-refractivity contribution in [1.82, 2.24) is 0 Å². The molecule has 0 aromatic heterocycles. The van der Waals surface area contributed by atoms with Crippen LogP contribution >= 0.6 is 0 Å². The first-order chi connectivity index (χ1) is 21.1. The lowest BCUT2D eigenvalue weighted by Gasteiger charge is -2.39. The Morgan fingerprint density at radius 2 is 1.77 bits per heavy atom. The fourth-order valence-electron chi connectivity index (χ4n) is 5.06. The third kappa shape index (κ3) is 7.16. The molecule has 2 aromatic rings. The molecule has 2 aromatic carbocycles. The van der Waals surface area contributed by atoms with E-state index >= 15 is 0 Å². The molecule has 0 amide bonds. The number of rotatable bonds is 13. The van der Waals surface area contributed by atoms with Crippen molar-refractivity contribution < 1.29 is 63.9 Å². The molecule has 44 heavy (non-hydrogen) atoms. The van der Waals surface area contributed by atoms with Gasteiger partial charge in [0.2, 0.25) is 0 Å². The summed E-state index contributed by atoms with van der Waals surface area (Å²) in [6, 6.07) is 8.43. The molecule has 6 N–H and O–H groups in total. The smallest absolute Gasteiger partial charge is 0.333 e. The van der Waals surface area contributed by atoms with E-state index in [0.29, 0.717) is 28.2 Å². The molecular formula is C31H38O13. The number of aromatic hydroxyl groups is 1. The largest absolute Gasteiger partial charge is 0.504 e. The van der Waals surface area contributed by atoms with E-state index in [1.165, 1.54) is 20.3 Å². The van der Waals surface area contributed by atoms with Gasteiger partial charge in [-0.05, 0) is 35.4 Å². The summed E-state index contributed by atoms with van der Waals surface area (Å²) in [6.45, 7) is 2.49. The van der Waals surface area contributed by atoms with Gasteiger partial charge in [0.15, 0.2) is 29.3 Å². The van der Waals surface area contributed by atoms with E-state index in [9.17, 15) is 30.3 Å². The predicted octanol–water partition coefficient (Wildman–Crippen LogP) is 0.938.